The van der Waals surface area contributed by atoms with Crippen molar-refractivity contribution >= 4 is 17.5 Å². The second-order valence-corrected chi connectivity index (χ2v) is 4.68. The summed E-state index contributed by atoms with van der Waals surface area (Å²) in [7, 11) is 0. The Morgan fingerprint density at radius 1 is 1.17 bits per heavy atom. The number of para-hydroxylation sites is 2. The van der Waals surface area contributed by atoms with E-state index in [2.05, 4.69) is 15.4 Å². The lowest BCUT2D eigenvalue weighted by Crippen LogP contribution is -2.41. The maximum Gasteiger partial charge on any atom is 0.387 e. The minimum atomic E-state index is -2.97. The molecule has 0 saturated heterocycles. The summed E-state index contributed by atoms with van der Waals surface area (Å²) < 4.78 is 29.0. The van der Waals surface area contributed by atoms with E-state index in [0.29, 0.717) is 13.1 Å². The maximum atomic E-state index is 12.3. The molecule has 0 aromatic heterocycles. The monoisotopic (exact) mass is 329 g/mol. The van der Waals surface area contributed by atoms with E-state index in [1.165, 1.54) is 18.2 Å². The largest absolute Gasteiger partial charge is 0.433 e. The molecule has 0 aliphatic heterocycles. The molecule has 2 amide bonds. The number of nitrogens with one attached hydrogen (secondary N) is 2. The highest BCUT2D eigenvalue weighted by Gasteiger charge is 2.15. The fourth-order valence-corrected chi connectivity index (χ4v) is 1.90. The van der Waals surface area contributed by atoms with Crippen molar-refractivity contribution < 1.29 is 23.1 Å². The normalized spacial score (nSPS) is 10.7. The number of carbonyl (C=O) groups excluding carboxylic acids is 2. The molecule has 0 bridgehead atoms. The molecule has 2 N–H and O–H groups in total. The van der Waals surface area contributed by atoms with Crippen LogP contribution < -0.4 is 15.4 Å². The SMILES string of the molecule is CCNC(=O)CN(CC)CC(=O)Nc1ccccc1OC(F)F. The number of alkyl halides is 2. The van der Waals surface area contributed by atoms with E-state index in [4.69, 9.17) is 0 Å². The van der Waals surface area contributed by atoms with Gasteiger partial charge in [0, 0.05) is 6.54 Å². The van der Waals surface area contributed by atoms with Gasteiger partial charge in [-0.25, -0.2) is 0 Å². The average molecular weight is 329 g/mol. The first-order valence-corrected chi connectivity index (χ1v) is 7.29. The predicted octanol–water partition coefficient (Wildman–Crippen LogP) is 1.68. The van der Waals surface area contributed by atoms with Crippen LogP contribution in [0.3, 0.4) is 0 Å². The van der Waals surface area contributed by atoms with Gasteiger partial charge in [-0.2, -0.15) is 8.78 Å². The van der Waals surface area contributed by atoms with Gasteiger partial charge in [0.25, 0.3) is 0 Å². The van der Waals surface area contributed by atoms with Crippen molar-refractivity contribution in [2.24, 2.45) is 0 Å². The number of halogens is 2. The zero-order chi connectivity index (χ0) is 17.2. The van der Waals surface area contributed by atoms with Crippen LogP contribution in [0, 0.1) is 0 Å². The van der Waals surface area contributed by atoms with Crippen LogP contribution in [-0.2, 0) is 9.59 Å². The summed E-state index contributed by atoms with van der Waals surface area (Å²) >= 11 is 0. The number of hydrogen-bond acceptors (Lipinski definition) is 4. The number of nitrogens with zero attached hydrogens (tertiary/aromatic N) is 1. The highest BCUT2D eigenvalue weighted by Crippen LogP contribution is 2.25. The molecule has 128 valence electrons. The minimum Gasteiger partial charge on any atom is -0.433 e. The van der Waals surface area contributed by atoms with Gasteiger partial charge in [-0.3, -0.25) is 14.5 Å². The molecule has 0 aliphatic carbocycles. The van der Waals surface area contributed by atoms with Gasteiger partial charge in [-0.1, -0.05) is 19.1 Å². The van der Waals surface area contributed by atoms with Gasteiger partial charge in [-0.15, -0.1) is 0 Å². The van der Waals surface area contributed by atoms with Gasteiger partial charge < -0.3 is 15.4 Å². The molecule has 0 aliphatic rings. The summed E-state index contributed by atoms with van der Waals surface area (Å²) in [5.41, 5.74) is 0.159. The molecular weight excluding hydrogens is 308 g/mol. The standard InChI is InChI=1S/C15H21F2N3O3/c1-3-18-13(21)9-20(4-2)10-14(22)19-11-7-5-6-8-12(11)23-15(16)17/h5-8,15H,3-4,9-10H2,1-2H3,(H,18,21)(H,19,22). The Hall–Kier alpha value is -2.22. The minimum absolute atomic E-state index is 0.0311. The third kappa shape index (κ3) is 7.05. The average Bonchev–Trinajstić information content (AvgIpc) is 2.48. The van der Waals surface area contributed by atoms with Crippen LogP contribution in [0.25, 0.3) is 0 Å². The van der Waals surface area contributed by atoms with E-state index in [9.17, 15) is 18.4 Å². The molecule has 1 aromatic rings. The highest BCUT2D eigenvalue weighted by atomic mass is 19.3. The number of hydrogen-bond donors (Lipinski definition) is 2. The lowest BCUT2D eigenvalue weighted by molar-refractivity contribution is -0.123. The van der Waals surface area contributed by atoms with Gasteiger partial charge in [0.1, 0.15) is 5.75 Å². The maximum absolute atomic E-state index is 12.3. The second-order valence-electron chi connectivity index (χ2n) is 4.68. The summed E-state index contributed by atoms with van der Waals surface area (Å²) in [6, 6.07) is 5.94. The summed E-state index contributed by atoms with van der Waals surface area (Å²) in [6.07, 6.45) is 0. The van der Waals surface area contributed by atoms with Gasteiger partial charge in [-0.05, 0) is 25.6 Å². The number of anilines is 1. The number of rotatable bonds is 9. The molecule has 23 heavy (non-hydrogen) atoms. The zero-order valence-electron chi connectivity index (χ0n) is 13.1. The van der Waals surface area contributed by atoms with E-state index in [1.54, 1.807) is 17.9 Å². The number of benzene rings is 1. The Balaban J connectivity index is 2.63. The van der Waals surface area contributed by atoms with Crippen molar-refractivity contribution in [3.8, 4) is 5.75 Å². The van der Waals surface area contributed by atoms with E-state index in [-0.39, 0.29) is 30.4 Å². The third-order valence-corrected chi connectivity index (χ3v) is 2.93. The third-order valence-electron chi connectivity index (χ3n) is 2.93. The highest BCUT2D eigenvalue weighted by molar-refractivity contribution is 5.94. The molecular formula is C15H21F2N3O3. The van der Waals surface area contributed by atoms with Crippen molar-refractivity contribution in [1.82, 2.24) is 10.2 Å². The molecule has 1 rings (SSSR count). The Morgan fingerprint density at radius 3 is 2.43 bits per heavy atom. The predicted molar refractivity (Wildman–Crippen MR) is 82.5 cm³/mol. The van der Waals surface area contributed by atoms with E-state index in [1.807, 2.05) is 6.92 Å². The van der Waals surface area contributed by atoms with Crippen LogP contribution in [-0.4, -0.2) is 49.5 Å². The Bertz CT molecular complexity index is 526. The van der Waals surface area contributed by atoms with Crippen molar-refractivity contribution in [2.75, 3.05) is 31.5 Å². The van der Waals surface area contributed by atoms with Crippen LogP contribution in [0.5, 0.6) is 5.75 Å². The Labute approximate surface area is 133 Å². The summed E-state index contributed by atoms with van der Waals surface area (Å²) in [4.78, 5) is 25.2. The molecule has 0 unspecified atom stereocenters. The van der Waals surface area contributed by atoms with Crippen molar-refractivity contribution in [1.29, 1.82) is 0 Å². The molecule has 0 saturated carbocycles. The van der Waals surface area contributed by atoms with Crippen LogP contribution in [0.2, 0.25) is 0 Å². The van der Waals surface area contributed by atoms with Crippen molar-refractivity contribution in [2.45, 2.75) is 20.5 Å². The quantitative estimate of drug-likeness (QED) is 0.723. The molecule has 8 heteroatoms. The van der Waals surface area contributed by atoms with Crippen LogP contribution in [0.1, 0.15) is 13.8 Å². The Morgan fingerprint density at radius 2 is 1.83 bits per heavy atom. The second kappa shape index (κ2) is 9.73. The van der Waals surface area contributed by atoms with Crippen LogP contribution in [0.4, 0.5) is 14.5 Å². The number of likely N-dealkylation sites (N-methyl/N-ethyl adjacent to an activating group) is 2. The number of carbonyl (C=O) groups is 2. The van der Waals surface area contributed by atoms with Gasteiger partial charge in [0.15, 0.2) is 0 Å². The van der Waals surface area contributed by atoms with Gasteiger partial charge >= 0.3 is 6.61 Å². The van der Waals surface area contributed by atoms with Crippen LogP contribution >= 0.6 is 0 Å². The van der Waals surface area contributed by atoms with E-state index >= 15 is 0 Å². The van der Waals surface area contributed by atoms with Crippen LogP contribution in [0.15, 0.2) is 24.3 Å². The fourth-order valence-electron chi connectivity index (χ4n) is 1.90. The first kappa shape index (κ1) is 18.8. The molecule has 0 radical (unpaired) electrons. The lowest BCUT2D eigenvalue weighted by atomic mass is 10.3. The van der Waals surface area contributed by atoms with Gasteiger partial charge in [0.2, 0.25) is 11.8 Å². The molecule has 0 fully saturated rings. The molecule has 6 nitrogen and oxygen atoms in total. The molecule has 0 heterocycles. The van der Waals surface area contributed by atoms with Gasteiger partial charge in [0.05, 0.1) is 18.8 Å². The van der Waals surface area contributed by atoms with E-state index < -0.39 is 12.5 Å². The topological polar surface area (TPSA) is 70.7 Å². The van der Waals surface area contributed by atoms with Crippen molar-refractivity contribution in [3.63, 3.8) is 0 Å². The summed E-state index contributed by atoms with van der Waals surface area (Å²) in [5.74, 6) is -0.701. The smallest absolute Gasteiger partial charge is 0.387 e. The lowest BCUT2D eigenvalue weighted by Gasteiger charge is -2.19. The molecule has 0 atom stereocenters. The summed E-state index contributed by atoms with van der Waals surface area (Å²) in [6.45, 7) is 1.73. The number of ether oxygens (including phenoxy) is 1. The summed E-state index contributed by atoms with van der Waals surface area (Å²) in [5, 5.41) is 5.16. The molecule has 1 aromatic carbocycles. The first-order valence-electron chi connectivity index (χ1n) is 7.29. The Kier molecular flexibility index (Phi) is 7.96. The zero-order valence-corrected chi connectivity index (χ0v) is 13.1. The molecule has 0 spiro atoms. The fraction of sp³-hybridized carbons (Fsp3) is 0.467. The van der Waals surface area contributed by atoms with Crippen molar-refractivity contribution in [3.05, 3.63) is 24.3 Å². The first-order chi connectivity index (χ1) is 11.0. The number of amides is 2. The van der Waals surface area contributed by atoms with E-state index in [0.717, 1.165) is 0 Å².